The Labute approximate surface area is 168 Å². The van der Waals surface area contributed by atoms with E-state index < -0.39 is 5.69 Å². The number of halogens is 1. The number of benzene rings is 1. The number of rotatable bonds is 5. The van der Waals surface area contributed by atoms with Crippen molar-refractivity contribution in [1.29, 1.82) is 0 Å². The van der Waals surface area contributed by atoms with Crippen molar-refractivity contribution in [2.75, 3.05) is 5.32 Å². The van der Waals surface area contributed by atoms with Gasteiger partial charge in [0.15, 0.2) is 11.2 Å². The van der Waals surface area contributed by atoms with E-state index in [2.05, 4.69) is 26.2 Å². The van der Waals surface area contributed by atoms with E-state index in [0.29, 0.717) is 30.2 Å². The Balaban J connectivity index is 1.88. The molecular formula is C19H18BrN5O3. The second-order valence-electron chi connectivity index (χ2n) is 6.46. The third-order valence-corrected chi connectivity index (χ3v) is 5.07. The van der Waals surface area contributed by atoms with Gasteiger partial charge in [-0.15, -0.1) is 0 Å². The minimum atomic E-state index is -0.415. The van der Waals surface area contributed by atoms with Gasteiger partial charge in [-0.05, 0) is 29.8 Å². The fourth-order valence-electron chi connectivity index (χ4n) is 3.13. The molecule has 8 nitrogen and oxygen atoms in total. The topological polar surface area (TPSA) is 87.0 Å². The Hall–Kier alpha value is -3.07. The lowest BCUT2D eigenvalue weighted by atomic mass is 10.2. The smallest absolute Gasteiger partial charge is 0.332 e. The Morgan fingerprint density at radius 2 is 1.96 bits per heavy atom. The number of furan rings is 1. The van der Waals surface area contributed by atoms with E-state index in [1.165, 1.54) is 11.6 Å². The molecule has 0 fully saturated rings. The summed E-state index contributed by atoms with van der Waals surface area (Å²) in [6, 6.07) is 11.5. The van der Waals surface area contributed by atoms with Gasteiger partial charge >= 0.3 is 5.69 Å². The van der Waals surface area contributed by atoms with Crippen LogP contribution in [0.3, 0.4) is 0 Å². The molecule has 28 heavy (non-hydrogen) atoms. The Bertz CT molecular complexity index is 1270. The van der Waals surface area contributed by atoms with Crippen molar-refractivity contribution in [2.24, 2.45) is 14.1 Å². The SMILES string of the molecule is Cn1c(=O)c2c(nc(NCc3ccco3)n2Cc2cccc(Br)c2)n(C)c1=O. The molecule has 0 aliphatic carbocycles. The fraction of sp³-hybridized carbons (Fsp3) is 0.211. The molecule has 1 aromatic carbocycles. The van der Waals surface area contributed by atoms with Crippen molar-refractivity contribution in [3.05, 3.63) is 79.3 Å². The van der Waals surface area contributed by atoms with E-state index in [-0.39, 0.29) is 5.56 Å². The lowest BCUT2D eigenvalue weighted by Crippen LogP contribution is -2.37. The summed E-state index contributed by atoms with van der Waals surface area (Å²) in [7, 11) is 3.08. The van der Waals surface area contributed by atoms with Crippen LogP contribution >= 0.6 is 15.9 Å². The minimum Gasteiger partial charge on any atom is -0.467 e. The molecule has 0 amide bonds. The molecule has 0 spiro atoms. The predicted octanol–water partition coefficient (Wildman–Crippen LogP) is 2.45. The number of nitrogens with zero attached hydrogens (tertiary/aromatic N) is 4. The summed E-state index contributed by atoms with van der Waals surface area (Å²) in [6.07, 6.45) is 1.60. The molecule has 0 atom stereocenters. The van der Waals surface area contributed by atoms with E-state index in [9.17, 15) is 9.59 Å². The summed E-state index contributed by atoms with van der Waals surface area (Å²) in [5.74, 6) is 1.23. The summed E-state index contributed by atoms with van der Waals surface area (Å²) in [4.78, 5) is 29.7. The molecule has 9 heteroatoms. The molecule has 4 aromatic rings. The normalized spacial score (nSPS) is 11.2. The van der Waals surface area contributed by atoms with Gasteiger partial charge in [0.1, 0.15) is 5.76 Å². The maximum absolute atomic E-state index is 12.9. The highest BCUT2D eigenvalue weighted by atomic mass is 79.9. The summed E-state index contributed by atoms with van der Waals surface area (Å²) in [5, 5.41) is 3.22. The van der Waals surface area contributed by atoms with Crippen LogP contribution in [0.2, 0.25) is 0 Å². The zero-order chi connectivity index (χ0) is 19.8. The molecule has 0 saturated heterocycles. The van der Waals surface area contributed by atoms with Gasteiger partial charge in [-0.2, -0.15) is 4.98 Å². The fourth-order valence-corrected chi connectivity index (χ4v) is 3.58. The Kier molecular flexibility index (Phi) is 4.68. The average Bonchev–Trinajstić information content (AvgIpc) is 3.31. The van der Waals surface area contributed by atoms with E-state index in [1.54, 1.807) is 23.9 Å². The van der Waals surface area contributed by atoms with Gasteiger partial charge in [-0.3, -0.25) is 18.5 Å². The molecule has 0 unspecified atom stereocenters. The van der Waals surface area contributed by atoms with Crippen LogP contribution in [0.25, 0.3) is 11.2 Å². The molecule has 0 bridgehead atoms. The number of aryl methyl sites for hydroxylation is 1. The number of hydrogen-bond acceptors (Lipinski definition) is 5. The molecule has 4 rings (SSSR count). The lowest BCUT2D eigenvalue weighted by Gasteiger charge is -2.11. The third-order valence-electron chi connectivity index (χ3n) is 4.58. The average molecular weight is 444 g/mol. The van der Waals surface area contributed by atoms with Crippen molar-refractivity contribution in [2.45, 2.75) is 13.1 Å². The molecule has 0 saturated carbocycles. The highest BCUT2D eigenvalue weighted by Crippen LogP contribution is 2.20. The molecule has 0 aliphatic rings. The predicted molar refractivity (Wildman–Crippen MR) is 109 cm³/mol. The first-order valence-corrected chi connectivity index (χ1v) is 9.42. The van der Waals surface area contributed by atoms with Crippen LogP contribution in [0, 0.1) is 0 Å². The molecular weight excluding hydrogens is 426 g/mol. The second kappa shape index (κ2) is 7.16. The van der Waals surface area contributed by atoms with E-state index in [1.807, 2.05) is 30.3 Å². The monoisotopic (exact) mass is 443 g/mol. The summed E-state index contributed by atoms with van der Waals surface area (Å²) in [5.41, 5.74) is 0.899. The van der Waals surface area contributed by atoms with Gasteiger partial charge in [0.05, 0.1) is 19.4 Å². The van der Waals surface area contributed by atoms with Gasteiger partial charge < -0.3 is 9.73 Å². The largest absolute Gasteiger partial charge is 0.467 e. The quantitative estimate of drug-likeness (QED) is 0.511. The molecule has 0 aliphatic heterocycles. The zero-order valence-electron chi connectivity index (χ0n) is 15.3. The van der Waals surface area contributed by atoms with Crippen LogP contribution in [0.1, 0.15) is 11.3 Å². The standard InChI is InChI=1S/C19H18BrN5O3/c1-23-16-15(17(26)24(2)19(23)27)25(11-12-5-3-6-13(20)9-12)18(22-16)21-10-14-7-4-8-28-14/h3-9H,10-11H2,1-2H3,(H,21,22). The van der Waals surface area contributed by atoms with E-state index in [0.717, 1.165) is 20.4 Å². The van der Waals surface area contributed by atoms with Crippen LogP contribution in [0.4, 0.5) is 5.95 Å². The van der Waals surface area contributed by atoms with Crippen molar-refractivity contribution in [1.82, 2.24) is 18.7 Å². The number of imidazole rings is 1. The first kappa shape index (κ1) is 18.3. The van der Waals surface area contributed by atoms with Crippen molar-refractivity contribution in [3.63, 3.8) is 0 Å². The van der Waals surface area contributed by atoms with Crippen LogP contribution in [0.15, 0.2) is 61.1 Å². The van der Waals surface area contributed by atoms with Crippen LogP contribution in [-0.2, 0) is 27.2 Å². The number of aromatic nitrogens is 4. The Morgan fingerprint density at radius 1 is 1.14 bits per heavy atom. The van der Waals surface area contributed by atoms with Gasteiger partial charge in [-0.1, -0.05) is 28.1 Å². The maximum Gasteiger partial charge on any atom is 0.332 e. The van der Waals surface area contributed by atoms with E-state index >= 15 is 0 Å². The van der Waals surface area contributed by atoms with E-state index in [4.69, 9.17) is 4.42 Å². The first-order valence-electron chi connectivity index (χ1n) is 8.62. The molecule has 3 heterocycles. The number of anilines is 1. The molecule has 3 aromatic heterocycles. The van der Waals surface area contributed by atoms with Gasteiger partial charge in [-0.25, -0.2) is 4.79 Å². The lowest BCUT2D eigenvalue weighted by molar-refractivity contribution is 0.517. The zero-order valence-corrected chi connectivity index (χ0v) is 16.9. The highest BCUT2D eigenvalue weighted by Gasteiger charge is 2.19. The van der Waals surface area contributed by atoms with Crippen molar-refractivity contribution >= 4 is 33.0 Å². The highest BCUT2D eigenvalue weighted by molar-refractivity contribution is 9.10. The number of hydrogen-bond donors (Lipinski definition) is 1. The molecule has 144 valence electrons. The van der Waals surface area contributed by atoms with Crippen LogP contribution < -0.4 is 16.6 Å². The van der Waals surface area contributed by atoms with Gasteiger partial charge in [0, 0.05) is 18.6 Å². The molecule has 1 N–H and O–H groups in total. The maximum atomic E-state index is 12.9. The van der Waals surface area contributed by atoms with Crippen molar-refractivity contribution < 1.29 is 4.42 Å². The first-order chi connectivity index (χ1) is 13.5. The van der Waals surface area contributed by atoms with Crippen LogP contribution in [0.5, 0.6) is 0 Å². The van der Waals surface area contributed by atoms with Gasteiger partial charge in [0.2, 0.25) is 5.95 Å². The second-order valence-corrected chi connectivity index (χ2v) is 7.38. The van der Waals surface area contributed by atoms with Crippen LogP contribution in [-0.4, -0.2) is 18.7 Å². The summed E-state index contributed by atoms with van der Waals surface area (Å²) >= 11 is 3.47. The third kappa shape index (κ3) is 3.18. The molecule has 0 radical (unpaired) electrons. The summed E-state index contributed by atoms with van der Waals surface area (Å²) in [6.45, 7) is 0.826. The van der Waals surface area contributed by atoms with Gasteiger partial charge in [0.25, 0.3) is 5.56 Å². The summed E-state index contributed by atoms with van der Waals surface area (Å²) < 4.78 is 10.6. The number of nitrogens with one attached hydrogen (secondary N) is 1. The number of fused-ring (bicyclic) bond motifs is 1. The van der Waals surface area contributed by atoms with Crippen molar-refractivity contribution in [3.8, 4) is 0 Å². The minimum absolute atomic E-state index is 0.338. The Morgan fingerprint density at radius 3 is 2.68 bits per heavy atom.